The molecule has 2 heterocycles. The second-order valence-electron chi connectivity index (χ2n) is 7.44. The highest BCUT2D eigenvalue weighted by Crippen LogP contribution is 2.59. The molecule has 2 aliphatic heterocycles. The van der Waals surface area contributed by atoms with E-state index < -0.39 is 18.3 Å². The Balaban J connectivity index is 1.40. The highest BCUT2D eigenvalue weighted by molar-refractivity contribution is 5.89. The quantitative estimate of drug-likeness (QED) is 0.788. The first kappa shape index (κ1) is 18.4. The Kier molecular flexibility index (Phi) is 4.52. The molecule has 1 aromatic rings. The molecule has 4 rings (SSSR count). The fraction of sp³-hybridized carbons (Fsp3) is 0.526. The number of cyclic esters (lactones) is 1. The van der Waals surface area contributed by atoms with E-state index in [4.69, 9.17) is 9.47 Å². The van der Waals surface area contributed by atoms with E-state index in [9.17, 15) is 14.4 Å². The van der Waals surface area contributed by atoms with Gasteiger partial charge in [0.25, 0.3) is 0 Å². The predicted molar refractivity (Wildman–Crippen MR) is 98.2 cm³/mol. The topological polar surface area (TPSA) is 97.4 Å². The zero-order valence-electron chi connectivity index (χ0n) is 15.8. The van der Waals surface area contributed by atoms with Crippen molar-refractivity contribution in [1.82, 2.24) is 10.2 Å². The van der Waals surface area contributed by atoms with Gasteiger partial charge in [-0.1, -0.05) is 12.1 Å². The predicted octanol–water partition coefficient (Wildman–Crippen LogP) is 1.71. The Labute approximate surface area is 162 Å². The summed E-state index contributed by atoms with van der Waals surface area (Å²) in [5, 5.41) is 2.53. The number of hydrogen-bond donors (Lipinski definition) is 1. The molecule has 150 valence electrons. The molecule has 0 bridgehead atoms. The van der Waals surface area contributed by atoms with Gasteiger partial charge in [0.1, 0.15) is 6.10 Å². The van der Waals surface area contributed by atoms with Crippen LogP contribution in [-0.4, -0.2) is 69.7 Å². The maximum absolute atomic E-state index is 12.2. The average Bonchev–Trinajstić information content (AvgIpc) is 3.08. The average molecular weight is 389 g/mol. The van der Waals surface area contributed by atoms with Crippen LogP contribution in [0.25, 0.3) is 0 Å². The van der Waals surface area contributed by atoms with E-state index in [1.807, 2.05) is 24.3 Å². The molecule has 28 heavy (non-hydrogen) atoms. The van der Waals surface area contributed by atoms with Gasteiger partial charge in [-0.2, -0.15) is 0 Å². The normalized spacial score (nSPS) is 27.9. The lowest BCUT2D eigenvalue weighted by atomic mass is 9.95. The van der Waals surface area contributed by atoms with Crippen molar-refractivity contribution in [3.8, 4) is 0 Å². The Hall–Kier alpha value is -2.97. The van der Waals surface area contributed by atoms with Crippen LogP contribution in [0.2, 0.25) is 0 Å². The van der Waals surface area contributed by atoms with Crippen molar-refractivity contribution in [1.29, 1.82) is 0 Å². The van der Waals surface area contributed by atoms with Crippen LogP contribution in [0.5, 0.6) is 0 Å². The maximum Gasteiger partial charge on any atom is 0.414 e. The molecule has 3 amide bonds. The van der Waals surface area contributed by atoms with Crippen molar-refractivity contribution in [2.75, 3.05) is 45.3 Å². The molecule has 0 spiro atoms. The smallest absolute Gasteiger partial charge is 0.414 e. The molecule has 3 fully saturated rings. The van der Waals surface area contributed by atoms with Crippen LogP contribution in [0.4, 0.5) is 20.1 Å². The summed E-state index contributed by atoms with van der Waals surface area (Å²) in [6, 6.07) is 7.84. The summed E-state index contributed by atoms with van der Waals surface area (Å²) in [6.45, 7) is 1.94. The van der Waals surface area contributed by atoms with E-state index in [0.717, 1.165) is 18.7 Å². The van der Waals surface area contributed by atoms with Gasteiger partial charge in [0.05, 0.1) is 27.3 Å². The van der Waals surface area contributed by atoms with Gasteiger partial charge >= 0.3 is 18.3 Å². The third-order valence-corrected chi connectivity index (χ3v) is 5.87. The molecule has 1 aromatic carbocycles. The zero-order chi connectivity index (χ0) is 19.9. The Morgan fingerprint density at radius 3 is 2.64 bits per heavy atom. The SMILES string of the molecule is COC(=O)NCC1CN(c2ccc(C34CC3CN(C(=O)OC)C4)cc2)C(=O)O1. The Morgan fingerprint density at radius 2 is 1.96 bits per heavy atom. The van der Waals surface area contributed by atoms with Crippen LogP contribution >= 0.6 is 0 Å². The van der Waals surface area contributed by atoms with Gasteiger partial charge in [0.2, 0.25) is 0 Å². The molecular formula is C19H23N3O6. The van der Waals surface area contributed by atoms with Gasteiger partial charge in [-0.05, 0) is 30.0 Å². The molecular weight excluding hydrogens is 366 g/mol. The molecule has 9 nitrogen and oxygen atoms in total. The van der Waals surface area contributed by atoms with Crippen molar-refractivity contribution in [2.45, 2.75) is 17.9 Å². The van der Waals surface area contributed by atoms with Gasteiger partial charge in [-0.15, -0.1) is 0 Å². The minimum Gasteiger partial charge on any atom is -0.453 e. The van der Waals surface area contributed by atoms with Gasteiger partial charge < -0.3 is 24.4 Å². The lowest BCUT2D eigenvalue weighted by molar-refractivity contribution is 0.127. The first-order valence-corrected chi connectivity index (χ1v) is 9.20. The van der Waals surface area contributed by atoms with E-state index in [0.29, 0.717) is 19.0 Å². The Bertz CT molecular complexity index is 797. The zero-order valence-corrected chi connectivity index (χ0v) is 15.8. The van der Waals surface area contributed by atoms with Crippen LogP contribution < -0.4 is 10.2 Å². The molecule has 3 unspecified atom stereocenters. The van der Waals surface area contributed by atoms with Gasteiger partial charge in [0.15, 0.2) is 0 Å². The molecule has 2 saturated heterocycles. The number of alkyl carbamates (subject to hydrolysis) is 1. The van der Waals surface area contributed by atoms with Crippen molar-refractivity contribution in [2.24, 2.45) is 5.92 Å². The molecule has 0 aromatic heterocycles. The summed E-state index contributed by atoms with van der Waals surface area (Å²) in [6.07, 6.45) is -0.651. The number of likely N-dealkylation sites (tertiary alicyclic amines) is 1. The molecule has 9 heteroatoms. The summed E-state index contributed by atoms with van der Waals surface area (Å²) in [5.74, 6) is 0.461. The molecule has 1 N–H and O–H groups in total. The van der Waals surface area contributed by atoms with E-state index in [1.54, 1.807) is 9.80 Å². The first-order chi connectivity index (χ1) is 13.5. The van der Waals surface area contributed by atoms with E-state index in [1.165, 1.54) is 19.8 Å². The number of benzene rings is 1. The number of carbonyl (C=O) groups excluding carboxylic acids is 3. The van der Waals surface area contributed by atoms with Crippen molar-refractivity contribution in [3.63, 3.8) is 0 Å². The standard InChI is InChI=1S/C19H23N3O6/c1-26-16(23)20-8-15-10-22(18(25)28-15)14-5-3-12(4-6-14)19-7-13(19)9-21(11-19)17(24)27-2/h3-6,13,15H,7-11H2,1-2H3,(H,20,23). The van der Waals surface area contributed by atoms with E-state index >= 15 is 0 Å². The minimum absolute atomic E-state index is 0.00517. The number of methoxy groups -OCH3 is 2. The van der Waals surface area contributed by atoms with E-state index in [2.05, 4.69) is 10.1 Å². The molecule has 0 radical (unpaired) electrons. The molecule has 3 atom stereocenters. The number of nitrogens with one attached hydrogen (secondary N) is 1. The third-order valence-electron chi connectivity index (χ3n) is 5.87. The minimum atomic E-state index is -0.561. The lowest BCUT2D eigenvalue weighted by Crippen LogP contribution is -2.34. The summed E-state index contributed by atoms with van der Waals surface area (Å²) in [4.78, 5) is 38.4. The van der Waals surface area contributed by atoms with E-state index in [-0.39, 0.29) is 18.1 Å². The first-order valence-electron chi connectivity index (χ1n) is 9.20. The fourth-order valence-corrected chi connectivity index (χ4v) is 4.28. The van der Waals surface area contributed by atoms with Gasteiger partial charge in [-0.3, -0.25) is 4.90 Å². The van der Waals surface area contributed by atoms with Crippen LogP contribution in [0.3, 0.4) is 0 Å². The maximum atomic E-state index is 12.2. The van der Waals surface area contributed by atoms with Crippen molar-refractivity contribution < 1.29 is 28.6 Å². The monoisotopic (exact) mass is 389 g/mol. The highest BCUT2D eigenvalue weighted by atomic mass is 16.6. The van der Waals surface area contributed by atoms with Crippen LogP contribution in [0, 0.1) is 5.92 Å². The molecule has 1 aliphatic carbocycles. The second kappa shape index (κ2) is 6.88. The summed E-state index contributed by atoms with van der Waals surface area (Å²) >= 11 is 0. The summed E-state index contributed by atoms with van der Waals surface area (Å²) in [7, 11) is 2.68. The number of amides is 3. The Morgan fingerprint density at radius 1 is 1.21 bits per heavy atom. The number of rotatable bonds is 4. The number of carbonyl (C=O) groups is 3. The third kappa shape index (κ3) is 3.10. The van der Waals surface area contributed by atoms with Gasteiger partial charge in [-0.25, -0.2) is 14.4 Å². The number of nitrogens with zero attached hydrogens (tertiary/aromatic N) is 2. The largest absolute Gasteiger partial charge is 0.453 e. The number of anilines is 1. The number of ether oxygens (including phenoxy) is 3. The van der Waals surface area contributed by atoms with Gasteiger partial charge in [0, 0.05) is 24.2 Å². The van der Waals surface area contributed by atoms with Crippen molar-refractivity contribution >= 4 is 24.0 Å². The fourth-order valence-electron chi connectivity index (χ4n) is 4.28. The highest BCUT2D eigenvalue weighted by Gasteiger charge is 2.61. The van der Waals surface area contributed by atoms with Crippen molar-refractivity contribution in [3.05, 3.63) is 29.8 Å². The van der Waals surface area contributed by atoms with Crippen LogP contribution in [-0.2, 0) is 19.6 Å². The number of fused-ring (bicyclic) bond motifs is 1. The second-order valence-corrected chi connectivity index (χ2v) is 7.44. The van der Waals surface area contributed by atoms with Crippen LogP contribution in [0.1, 0.15) is 12.0 Å². The lowest BCUT2D eigenvalue weighted by Gasteiger charge is -2.20. The molecule has 3 aliphatic rings. The summed E-state index contributed by atoms with van der Waals surface area (Å²) < 4.78 is 14.6. The number of piperidine rings is 1. The van der Waals surface area contributed by atoms with Crippen LogP contribution in [0.15, 0.2) is 24.3 Å². The molecule has 1 saturated carbocycles. The summed E-state index contributed by atoms with van der Waals surface area (Å²) in [5.41, 5.74) is 1.92. The number of hydrogen-bond acceptors (Lipinski definition) is 6.